The van der Waals surface area contributed by atoms with Crippen molar-refractivity contribution < 1.29 is 9.84 Å². The Morgan fingerprint density at radius 1 is 1.14 bits per heavy atom. The number of aryl methyl sites for hydroxylation is 1. The highest BCUT2D eigenvalue weighted by Gasteiger charge is 2.11. The van der Waals surface area contributed by atoms with E-state index >= 15 is 0 Å². The first-order valence-electron chi connectivity index (χ1n) is 7.45. The quantitative estimate of drug-likeness (QED) is 0.758. The average Bonchev–Trinajstić information content (AvgIpc) is 2.91. The molecule has 1 aromatic heterocycles. The van der Waals surface area contributed by atoms with Gasteiger partial charge in [-0.1, -0.05) is 18.2 Å². The van der Waals surface area contributed by atoms with E-state index in [1.54, 1.807) is 24.3 Å². The number of phenols is 1. The van der Waals surface area contributed by atoms with Crippen LogP contribution < -0.4 is 10.5 Å². The molecule has 0 aliphatic heterocycles. The maximum Gasteiger partial charge on any atom is 0.128 e. The third-order valence-electron chi connectivity index (χ3n) is 3.85. The van der Waals surface area contributed by atoms with Gasteiger partial charge in [0.05, 0.1) is 11.2 Å². The first kappa shape index (κ1) is 14.5. The van der Waals surface area contributed by atoms with Gasteiger partial charge in [-0.2, -0.15) is 0 Å². The monoisotopic (exact) mass is 296 g/mol. The van der Waals surface area contributed by atoms with Crippen molar-refractivity contribution in [2.75, 3.05) is 0 Å². The molecule has 3 rings (SSSR count). The maximum atomic E-state index is 9.31. The Labute approximate surface area is 129 Å². The number of aromatic nitrogens is 1. The minimum Gasteiger partial charge on any atom is -0.508 e. The Morgan fingerprint density at radius 3 is 2.59 bits per heavy atom. The van der Waals surface area contributed by atoms with Crippen molar-refractivity contribution in [1.82, 2.24) is 4.57 Å². The summed E-state index contributed by atoms with van der Waals surface area (Å²) in [5.41, 5.74) is 9.32. The van der Waals surface area contributed by atoms with Crippen molar-refractivity contribution in [2.45, 2.75) is 26.6 Å². The number of hydrogen-bond acceptors (Lipinski definition) is 3. The number of aromatic hydroxyl groups is 1. The molecule has 0 unspecified atom stereocenters. The van der Waals surface area contributed by atoms with Gasteiger partial charge in [0.1, 0.15) is 18.1 Å². The molecule has 0 amide bonds. The van der Waals surface area contributed by atoms with Gasteiger partial charge in [0.15, 0.2) is 0 Å². The maximum absolute atomic E-state index is 9.31. The Kier molecular flexibility index (Phi) is 4.02. The van der Waals surface area contributed by atoms with Gasteiger partial charge in [-0.25, -0.2) is 0 Å². The third-order valence-corrected chi connectivity index (χ3v) is 3.85. The molecule has 114 valence electrons. The molecule has 0 aliphatic carbocycles. The topological polar surface area (TPSA) is 60.4 Å². The molecule has 0 radical (unpaired) electrons. The Balaban J connectivity index is 1.91. The lowest BCUT2D eigenvalue weighted by molar-refractivity contribution is 0.295. The Hall–Kier alpha value is -2.46. The molecule has 2 aromatic carbocycles. The molecule has 0 spiro atoms. The van der Waals surface area contributed by atoms with E-state index in [0.29, 0.717) is 13.2 Å². The summed E-state index contributed by atoms with van der Waals surface area (Å²) in [6, 6.07) is 15.1. The van der Waals surface area contributed by atoms with Crippen molar-refractivity contribution in [3.05, 3.63) is 59.8 Å². The van der Waals surface area contributed by atoms with Gasteiger partial charge >= 0.3 is 0 Å². The number of nitrogens with zero attached hydrogens (tertiary/aromatic N) is 1. The van der Waals surface area contributed by atoms with Crippen molar-refractivity contribution in [3.63, 3.8) is 0 Å². The van der Waals surface area contributed by atoms with Crippen LogP contribution in [0.25, 0.3) is 10.9 Å². The Morgan fingerprint density at radius 2 is 1.91 bits per heavy atom. The highest BCUT2D eigenvalue weighted by molar-refractivity contribution is 5.84. The second kappa shape index (κ2) is 6.12. The molecule has 22 heavy (non-hydrogen) atoms. The van der Waals surface area contributed by atoms with E-state index in [2.05, 4.69) is 29.7 Å². The molecule has 4 nitrogen and oxygen atoms in total. The van der Waals surface area contributed by atoms with Gasteiger partial charge in [-0.15, -0.1) is 0 Å². The summed E-state index contributed by atoms with van der Waals surface area (Å²) < 4.78 is 8.08. The lowest BCUT2D eigenvalue weighted by Gasteiger charge is -2.11. The van der Waals surface area contributed by atoms with Crippen LogP contribution in [0.3, 0.4) is 0 Å². The standard InChI is InChI=1S/C18H20N2O2/c1-2-20-15(12-22-17-8-6-16(21)7-9-17)10-13-4-3-5-14(11-19)18(13)20/h3-10,21H,2,11-12,19H2,1H3. The number of hydrogen-bond donors (Lipinski definition) is 2. The van der Waals surface area contributed by atoms with Crippen LogP contribution in [0.5, 0.6) is 11.5 Å². The number of fused-ring (bicyclic) bond motifs is 1. The molecule has 0 bridgehead atoms. The van der Waals surface area contributed by atoms with Gasteiger partial charge < -0.3 is 20.1 Å². The van der Waals surface area contributed by atoms with E-state index in [-0.39, 0.29) is 5.75 Å². The fraction of sp³-hybridized carbons (Fsp3) is 0.222. The predicted octanol–water partition coefficient (Wildman–Crippen LogP) is 3.40. The van der Waals surface area contributed by atoms with Crippen LogP contribution in [0.4, 0.5) is 0 Å². The molecule has 0 saturated heterocycles. The van der Waals surface area contributed by atoms with Crippen molar-refractivity contribution >= 4 is 10.9 Å². The average molecular weight is 296 g/mol. The second-order valence-electron chi connectivity index (χ2n) is 5.22. The molecule has 1 heterocycles. The third kappa shape index (κ3) is 2.65. The normalized spacial score (nSPS) is 11.0. The zero-order valence-electron chi connectivity index (χ0n) is 12.6. The molecule has 0 atom stereocenters. The number of ether oxygens (including phenoxy) is 1. The van der Waals surface area contributed by atoms with E-state index in [1.807, 2.05) is 6.07 Å². The zero-order chi connectivity index (χ0) is 15.5. The van der Waals surface area contributed by atoms with E-state index in [0.717, 1.165) is 23.6 Å². The summed E-state index contributed by atoms with van der Waals surface area (Å²) in [5, 5.41) is 10.5. The molecule has 4 heteroatoms. The second-order valence-corrected chi connectivity index (χ2v) is 5.22. The fourth-order valence-corrected chi connectivity index (χ4v) is 2.80. The van der Waals surface area contributed by atoms with E-state index in [1.165, 1.54) is 10.9 Å². The molecular weight excluding hydrogens is 276 g/mol. The van der Waals surface area contributed by atoms with Crippen LogP contribution in [0, 0.1) is 0 Å². The highest BCUT2D eigenvalue weighted by atomic mass is 16.5. The highest BCUT2D eigenvalue weighted by Crippen LogP contribution is 2.25. The van der Waals surface area contributed by atoms with Crippen molar-refractivity contribution in [1.29, 1.82) is 0 Å². The number of nitrogens with two attached hydrogens (primary N) is 1. The predicted molar refractivity (Wildman–Crippen MR) is 87.9 cm³/mol. The van der Waals surface area contributed by atoms with Crippen LogP contribution in [-0.2, 0) is 19.7 Å². The summed E-state index contributed by atoms with van der Waals surface area (Å²) >= 11 is 0. The fourth-order valence-electron chi connectivity index (χ4n) is 2.80. The largest absolute Gasteiger partial charge is 0.508 e. The lowest BCUT2D eigenvalue weighted by atomic mass is 10.1. The van der Waals surface area contributed by atoms with Gasteiger partial charge in [0, 0.05) is 18.5 Å². The molecule has 0 aliphatic rings. The minimum atomic E-state index is 0.239. The van der Waals surface area contributed by atoms with E-state index in [9.17, 15) is 5.11 Å². The number of rotatable bonds is 5. The first-order valence-corrected chi connectivity index (χ1v) is 7.45. The SMILES string of the molecule is CCn1c(COc2ccc(O)cc2)cc2cccc(CN)c21. The van der Waals surface area contributed by atoms with Crippen LogP contribution in [0.2, 0.25) is 0 Å². The summed E-state index contributed by atoms with van der Waals surface area (Å²) in [5.74, 6) is 0.979. The summed E-state index contributed by atoms with van der Waals surface area (Å²) in [4.78, 5) is 0. The minimum absolute atomic E-state index is 0.239. The number of benzene rings is 2. The van der Waals surface area contributed by atoms with E-state index < -0.39 is 0 Å². The van der Waals surface area contributed by atoms with Crippen LogP contribution in [0.1, 0.15) is 18.2 Å². The Bertz CT molecular complexity index is 776. The van der Waals surface area contributed by atoms with Gasteiger partial charge in [0.25, 0.3) is 0 Å². The van der Waals surface area contributed by atoms with Gasteiger partial charge in [-0.3, -0.25) is 0 Å². The molecule has 0 saturated carbocycles. The number of para-hydroxylation sites is 1. The zero-order valence-corrected chi connectivity index (χ0v) is 12.6. The smallest absolute Gasteiger partial charge is 0.128 e. The van der Waals surface area contributed by atoms with Gasteiger partial charge in [-0.05, 0) is 42.8 Å². The van der Waals surface area contributed by atoms with E-state index in [4.69, 9.17) is 10.5 Å². The summed E-state index contributed by atoms with van der Waals surface area (Å²) in [6.45, 7) is 4.00. The molecule has 3 aromatic rings. The van der Waals surface area contributed by atoms with Crippen molar-refractivity contribution in [3.8, 4) is 11.5 Å². The summed E-state index contributed by atoms with van der Waals surface area (Å²) in [7, 11) is 0. The molecule has 3 N–H and O–H groups in total. The first-order chi connectivity index (χ1) is 10.7. The van der Waals surface area contributed by atoms with Crippen molar-refractivity contribution in [2.24, 2.45) is 5.73 Å². The van der Waals surface area contributed by atoms with Crippen LogP contribution in [0.15, 0.2) is 48.5 Å². The van der Waals surface area contributed by atoms with Gasteiger partial charge in [0.2, 0.25) is 0 Å². The lowest BCUT2D eigenvalue weighted by Crippen LogP contribution is -2.07. The molecule has 0 fully saturated rings. The number of phenolic OH excluding ortho intramolecular Hbond substituents is 1. The molecular formula is C18H20N2O2. The van der Waals surface area contributed by atoms with Crippen LogP contribution >= 0.6 is 0 Å². The summed E-state index contributed by atoms with van der Waals surface area (Å²) in [6.07, 6.45) is 0. The van der Waals surface area contributed by atoms with Crippen LogP contribution in [-0.4, -0.2) is 9.67 Å².